The number of aromatic nitrogens is 3. The summed E-state index contributed by atoms with van der Waals surface area (Å²) in [6, 6.07) is 16.1. The second kappa shape index (κ2) is 35.5. The number of benzene rings is 3. The molecule has 0 radical (unpaired) electrons. The number of esters is 1. The van der Waals surface area contributed by atoms with Crippen LogP contribution in [-0.4, -0.2) is 48.4 Å². The number of nitrogens with zero attached hydrogens (tertiary/aromatic N) is 3. The first-order chi connectivity index (χ1) is 34.7. The lowest BCUT2D eigenvalue weighted by Crippen LogP contribution is -2.30. The number of ether oxygens (including phenoxy) is 2. The highest BCUT2D eigenvalue weighted by Crippen LogP contribution is 2.37. The number of carbonyl (C=O) groups excluding carboxylic acids is 1. The summed E-state index contributed by atoms with van der Waals surface area (Å²) < 4.78 is 11.7. The van der Waals surface area contributed by atoms with E-state index in [1.165, 1.54) is 147 Å². The van der Waals surface area contributed by atoms with E-state index in [-0.39, 0.29) is 46.6 Å². The van der Waals surface area contributed by atoms with Gasteiger partial charge in [-0.05, 0) is 99.4 Å². The van der Waals surface area contributed by atoms with E-state index in [0.29, 0.717) is 16.7 Å². The number of phenolic OH excluding ortho intramolecular Hbond substituents is 3. The molecule has 1 aromatic heterocycles. The van der Waals surface area contributed by atoms with Gasteiger partial charge in [-0.2, -0.15) is 0 Å². The zero-order valence-electron chi connectivity index (χ0n) is 45.1. The quantitative estimate of drug-likeness (QED) is 0.0294. The number of rotatable bonds is 40. The predicted octanol–water partition coefficient (Wildman–Crippen LogP) is 17.9. The Morgan fingerprint density at radius 3 is 1.14 bits per heavy atom. The van der Waals surface area contributed by atoms with Crippen molar-refractivity contribution in [1.82, 2.24) is 15.0 Å². The molecule has 0 saturated carbocycles. The Morgan fingerprint density at radius 1 is 0.451 bits per heavy atom. The molecular weight excluding hydrogens is 883 g/mol. The molecule has 9 nitrogen and oxygen atoms in total. The summed E-state index contributed by atoms with van der Waals surface area (Å²) >= 11 is 0. The molecule has 3 N–H and O–H groups in total. The topological polar surface area (TPSA) is 135 Å². The molecule has 0 aliphatic carbocycles. The number of hydrogen-bond donors (Lipinski definition) is 3. The van der Waals surface area contributed by atoms with Crippen LogP contribution < -0.4 is 4.74 Å². The maximum Gasteiger partial charge on any atom is 0.347 e. The SMILES string of the molecule is CCCCCCCCCCCCCCCc1ccc(-c2nc(-c3ccc(CCCCCCCCCCCCCCC)cc3O)nc(-c3ccc(OC(C)C(=O)OC(CC)CCCCC)cc3O)n2)c(O)c1. The fourth-order valence-electron chi connectivity index (χ4n) is 9.53. The van der Waals surface area contributed by atoms with Crippen LogP contribution in [0.15, 0.2) is 54.6 Å². The highest BCUT2D eigenvalue weighted by atomic mass is 16.6. The highest BCUT2D eigenvalue weighted by Gasteiger charge is 2.23. The van der Waals surface area contributed by atoms with Gasteiger partial charge in [0.15, 0.2) is 23.6 Å². The van der Waals surface area contributed by atoms with Gasteiger partial charge in [0.05, 0.1) is 16.7 Å². The van der Waals surface area contributed by atoms with Crippen LogP contribution in [0.5, 0.6) is 23.0 Å². The second-order valence-electron chi connectivity index (χ2n) is 20.4. The van der Waals surface area contributed by atoms with E-state index in [9.17, 15) is 20.1 Å². The van der Waals surface area contributed by atoms with Crippen LogP contribution in [0.3, 0.4) is 0 Å². The van der Waals surface area contributed by atoms with Crippen LogP contribution in [0, 0.1) is 0 Å². The molecule has 1 heterocycles. The molecule has 2 unspecified atom stereocenters. The summed E-state index contributed by atoms with van der Waals surface area (Å²) in [6.45, 7) is 10.3. The zero-order valence-corrected chi connectivity index (χ0v) is 45.1. The molecule has 0 spiro atoms. The van der Waals surface area contributed by atoms with Gasteiger partial charge in [0.2, 0.25) is 0 Å². The number of unbranched alkanes of at least 4 members (excludes halogenated alkanes) is 26. The van der Waals surface area contributed by atoms with Crippen molar-refractivity contribution in [3.05, 3.63) is 65.7 Å². The minimum absolute atomic E-state index is 0.0576. The zero-order chi connectivity index (χ0) is 50.9. The summed E-state index contributed by atoms with van der Waals surface area (Å²) in [5.74, 6) is 0.380. The monoisotopic (exact) mass is 978 g/mol. The second-order valence-corrected chi connectivity index (χ2v) is 20.4. The molecule has 394 valence electrons. The van der Waals surface area contributed by atoms with E-state index in [2.05, 4.69) is 20.8 Å². The maximum atomic E-state index is 13.0. The normalized spacial score (nSPS) is 12.3. The summed E-state index contributed by atoms with van der Waals surface area (Å²) in [5, 5.41) is 34.4. The first kappa shape index (κ1) is 58.9. The van der Waals surface area contributed by atoms with Gasteiger partial charge in [-0.1, -0.05) is 207 Å². The average molecular weight is 978 g/mol. The van der Waals surface area contributed by atoms with Crippen molar-refractivity contribution in [3.63, 3.8) is 0 Å². The van der Waals surface area contributed by atoms with Crippen molar-refractivity contribution in [3.8, 4) is 57.2 Å². The van der Waals surface area contributed by atoms with Gasteiger partial charge in [-0.3, -0.25) is 0 Å². The van der Waals surface area contributed by atoms with Crippen molar-refractivity contribution in [2.75, 3.05) is 0 Å². The maximum absolute atomic E-state index is 13.0. The van der Waals surface area contributed by atoms with Crippen molar-refractivity contribution in [2.45, 2.75) is 259 Å². The third-order valence-electron chi connectivity index (χ3n) is 14.1. The molecular formula is C62H95N3O6. The molecule has 0 bridgehead atoms. The number of carbonyl (C=O) groups is 1. The Kier molecular flexibility index (Phi) is 29.4. The molecule has 0 saturated heterocycles. The molecule has 0 aliphatic heterocycles. The Labute approximate surface area is 430 Å². The third-order valence-corrected chi connectivity index (χ3v) is 14.1. The molecule has 4 rings (SSSR count). The number of aryl methyl sites for hydroxylation is 2. The van der Waals surface area contributed by atoms with E-state index >= 15 is 0 Å². The molecule has 4 aromatic rings. The molecule has 3 aromatic carbocycles. The summed E-state index contributed by atoms with van der Waals surface area (Å²) in [5.41, 5.74) is 3.25. The molecule has 0 aliphatic rings. The first-order valence-electron chi connectivity index (χ1n) is 28.8. The fourth-order valence-corrected chi connectivity index (χ4v) is 9.53. The van der Waals surface area contributed by atoms with Crippen LogP contribution in [0.1, 0.15) is 245 Å². The summed E-state index contributed by atoms with van der Waals surface area (Å²) in [7, 11) is 0. The molecule has 0 fully saturated rings. The third kappa shape index (κ3) is 22.8. The van der Waals surface area contributed by atoms with Gasteiger partial charge in [0.1, 0.15) is 29.1 Å². The average Bonchev–Trinajstić information content (AvgIpc) is 3.36. The van der Waals surface area contributed by atoms with Gasteiger partial charge in [0.25, 0.3) is 0 Å². The lowest BCUT2D eigenvalue weighted by Gasteiger charge is -2.20. The smallest absolute Gasteiger partial charge is 0.347 e. The van der Waals surface area contributed by atoms with Crippen LogP contribution in [-0.2, 0) is 22.4 Å². The Balaban J connectivity index is 1.43. The Bertz CT molecular complexity index is 1970. The van der Waals surface area contributed by atoms with Crippen LogP contribution in [0.2, 0.25) is 0 Å². The number of hydrogen-bond acceptors (Lipinski definition) is 9. The van der Waals surface area contributed by atoms with E-state index in [4.69, 9.17) is 24.4 Å². The minimum Gasteiger partial charge on any atom is -0.507 e. The molecule has 0 amide bonds. The van der Waals surface area contributed by atoms with Gasteiger partial charge >= 0.3 is 5.97 Å². The number of aromatic hydroxyl groups is 3. The molecule has 9 heteroatoms. The van der Waals surface area contributed by atoms with Crippen LogP contribution in [0.4, 0.5) is 0 Å². The lowest BCUT2D eigenvalue weighted by molar-refractivity contribution is -0.157. The molecule has 71 heavy (non-hydrogen) atoms. The standard InChI is InChI=1S/C62H95N3O6/c1-6-10-13-15-17-19-21-23-25-27-29-31-34-36-49-39-42-53(56(66)45-49)59-63-60(54-43-40-50(46-57(54)67)37-35-32-30-28-26-24-22-20-18-16-14-11-7-2)65-61(64-59)55-44-41-52(47-58(55)68)70-48(5)62(69)71-51(9-4)38-33-12-8-3/h39-48,51,66-68H,6-38H2,1-5H3. The summed E-state index contributed by atoms with van der Waals surface area (Å²) in [4.78, 5) is 27.4. The first-order valence-corrected chi connectivity index (χ1v) is 28.8. The van der Waals surface area contributed by atoms with Crippen molar-refractivity contribution in [2.24, 2.45) is 0 Å². The largest absolute Gasteiger partial charge is 0.507 e. The Hall–Kier alpha value is -4.66. The van der Waals surface area contributed by atoms with E-state index in [1.54, 1.807) is 31.2 Å². The van der Waals surface area contributed by atoms with Crippen molar-refractivity contribution < 1.29 is 29.6 Å². The van der Waals surface area contributed by atoms with Gasteiger partial charge < -0.3 is 24.8 Å². The molecule has 2 atom stereocenters. The highest BCUT2D eigenvalue weighted by molar-refractivity contribution is 5.76. The predicted molar refractivity (Wildman–Crippen MR) is 294 cm³/mol. The van der Waals surface area contributed by atoms with E-state index < -0.39 is 12.1 Å². The van der Waals surface area contributed by atoms with Crippen molar-refractivity contribution in [1.29, 1.82) is 0 Å². The number of phenols is 3. The summed E-state index contributed by atoms with van der Waals surface area (Å²) in [6.07, 6.45) is 39.3. The van der Waals surface area contributed by atoms with Crippen LogP contribution in [0.25, 0.3) is 34.2 Å². The van der Waals surface area contributed by atoms with E-state index in [1.807, 2.05) is 31.2 Å². The van der Waals surface area contributed by atoms with Gasteiger partial charge in [-0.15, -0.1) is 0 Å². The van der Waals surface area contributed by atoms with Crippen LogP contribution >= 0.6 is 0 Å². The van der Waals surface area contributed by atoms with E-state index in [0.717, 1.165) is 81.8 Å². The minimum atomic E-state index is -0.887. The van der Waals surface area contributed by atoms with Crippen molar-refractivity contribution >= 4 is 5.97 Å². The Morgan fingerprint density at radius 2 is 0.789 bits per heavy atom. The van der Waals surface area contributed by atoms with Gasteiger partial charge in [0, 0.05) is 6.07 Å². The van der Waals surface area contributed by atoms with Gasteiger partial charge in [-0.25, -0.2) is 19.7 Å². The fraction of sp³-hybridized carbons (Fsp3) is 0.645. The lowest BCUT2D eigenvalue weighted by atomic mass is 10.0.